The van der Waals surface area contributed by atoms with Crippen LogP contribution in [0.25, 0.3) is 0 Å². The van der Waals surface area contributed by atoms with Gasteiger partial charge in [-0.15, -0.1) is 0 Å². The van der Waals surface area contributed by atoms with Gasteiger partial charge in [0.15, 0.2) is 0 Å². The van der Waals surface area contributed by atoms with Crippen LogP contribution in [0, 0.1) is 11.8 Å². The van der Waals surface area contributed by atoms with Crippen molar-refractivity contribution in [3.05, 3.63) is 0 Å². The predicted octanol–water partition coefficient (Wildman–Crippen LogP) is 2.96. The van der Waals surface area contributed by atoms with E-state index in [0.29, 0.717) is 6.54 Å². The standard InChI is InChI=1S/C17H32N2O2/c1-6-9-10-11-19-15(13(5)8-3)16(20)18-14(17(19)21)12(4)7-2/h12-15H,6-11H2,1-5H3,(H,18,20). The van der Waals surface area contributed by atoms with Crippen LogP contribution in [-0.4, -0.2) is 35.3 Å². The normalized spacial score (nSPS) is 25.7. The number of hydrogen-bond acceptors (Lipinski definition) is 2. The van der Waals surface area contributed by atoms with Crippen molar-refractivity contribution in [2.45, 2.75) is 78.8 Å². The zero-order valence-corrected chi connectivity index (χ0v) is 14.3. The summed E-state index contributed by atoms with van der Waals surface area (Å²) < 4.78 is 0. The van der Waals surface area contributed by atoms with Crippen LogP contribution in [0.5, 0.6) is 0 Å². The molecular formula is C17H32N2O2. The molecular weight excluding hydrogens is 264 g/mol. The van der Waals surface area contributed by atoms with E-state index in [0.717, 1.165) is 32.1 Å². The van der Waals surface area contributed by atoms with Crippen LogP contribution < -0.4 is 5.32 Å². The van der Waals surface area contributed by atoms with E-state index in [-0.39, 0.29) is 35.7 Å². The molecule has 0 aromatic rings. The molecule has 122 valence electrons. The Balaban J connectivity index is 2.93. The first-order valence-corrected chi connectivity index (χ1v) is 8.58. The zero-order chi connectivity index (χ0) is 16.0. The Bertz CT molecular complexity index is 357. The van der Waals surface area contributed by atoms with E-state index < -0.39 is 0 Å². The van der Waals surface area contributed by atoms with Crippen molar-refractivity contribution in [3.63, 3.8) is 0 Å². The van der Waals surface area contributed by atoms with Gasteiger partial charge in [-0.2, -0.15) is 0 Å². The third-order valence-electron chi connectivity index (χ3n) is 4.85. The minimum Gasteiger partial charge on any atom is -0.342 e. The molecule has 4 nitrogen and oxygen atoms in total. The average Bonchev–Trinajstić information content (AvgIpc) is 2.48. The smallest absolute Gasteiger partial charge is 0.246 e. The number of rotatable bonds is 8. The van der Waals surface area contributed by atoms with Crippen molar-refractivity contribution >= 4 is 11.8 Å². The first-order chi connectivity index (χ1) is 9.97. The molecule has 1 saturated heterocycles. The van der Waals surface area contributed by atoms with Crippen molar-refractivity contribution in [1.82, 2.24) is 10.2 Å². The van der Waals surface area contributed by atoms with Crippen LogP contribution in [0.4, 0.5) is 0 Å². The van der Waals surface area contributed by atoms with Gasteiger partial charge in [0.25, 0.3) is 0 Å². The summed E-state index contributed by atoms with van der Waals surface area (Å²) in [5.74, 6) is 0.539. The van der Waals surface area contributed by atoms with E-state index in [1.54, 1.807) is 0 Å². The molecule has 1 rings (SSSR count). The summed E-state index contributed by atoms with van der Waals surface area (Å²) in [5.41, 5.74) is 0. The SMILES string of the molecule is CCCCCN1C(=O)C(C(C)CC)NC(=O)C1C(C)CC. The summed E-state index contributed by atoms with van der Waals surface area (Å²) in [6.07, 6.45) is 5.01. The highest BCUT2D eigenvalue weighted by Gasteiger charge is 2.43. The largest absolute Gasteiger partial charge is 0.342 e. The number of amides is 2. The van der Waals surface area contributed by atoms with Gasteiger partial charge in [-0.3, -0.25) is 9.59 Å². The van der Waals surface area contributed by atoms with Gasteiger partial charge in [-0.05, 0) is 18.3 Å². The third-order valence-corrected chi connectivity index (χ3v) is 4.85. The maximum atomic E-state index is 12.8. The number of unbranched alkanes of at least 4 members (excludes halogenated alkanes) is 2. The molecule has 4 heteroatoms. The second-order valence-corrected chi connectivity index (χ2v) is 6.44. The molecule has 0 radical (unpaired) electrons. The molecule has 0 aliphatic carbocycles. The fraction of sp³-hybridized carbons (Fsp3) is 0.882. The van der Waals surface area contributed by atoms with E-state index in [9.17, 15) is 9.59 Å². The Morgan fingerprint density at radius 2 is 1.67 bits per heavy atom. The molecule has 1 N–H and O–H groups in total. The lowest BCUT2D eigenvalue weighted by Crippen LogP contribution is -2.66. The molecule has 4 unspecified atom stereocenters. The van der Waals surface area contributed by atoms with E-state index in [1.807, 2.05) is 11.8 Å². The van der Waals surface area contributed by atoms with E-state index in [2.05, 4.69) is 33.0 Å². The van der Waals surface area contributed by atoms with E-state index in [1.165, 1.54) is 0 Å². The van der Waals surface area contributed by atoms with Gasteiger partial charge in [0.2, 0.25) is 11.8 Å². The van der Waals surface area contributed by atoms with Crippen molar-refractivity contribution < 1.29 is 9.59 Å². The fourth-order valence-corrected chi connectivity index (χ4v) is 2.95. The molecule has 0 bridgehead atoms. The highest BCUT2D eigenvalue weighted by Crippen LogP contribution is 2.24. The minimum absolute atomic E-state index is 0.0331. The van der Waals surface area contributed by atoms with Gasteiger partial charge in [0, 0.05) is 6.54 Å². The van der Waals surface area contributed by atoms with Crippen LogP contribution in [0.1, 0.15) is 66.7 Å². The minimum atomic E-state index is -0.343. The zero-order valence-electron chi connectivity index (χ0n) is 14.3. The number of carbonyl (C=O) groups is 2. The van der Waals surface area contributed by atoms with Crippen LogP contribution in [0.15, 0.2) is 0 Å². The molecule has 0 spiro atoms. The van der Waals surface area contributed by atoms with E-state index in [4.69, 9.17) is 0 Å². The van der Waals surface area contributed by atoms with Crippen LogP contribution in [0.3, 0.4) is 0 Å². The summed E-state index contributed by atoms with van der Waals surface area (Å²) in [6, 6.07) is -0.635. The molecule has 1 aliphatic heterocycles. The van der Waals surface area contributed by atoms with Crippen molar-refractivity contribution in [1.29, 1.82) is 0 Å². The summed E-state index contributed by atoms with van der Waals surface area (Å²) in [4.78, 5) is 27.2. The molecule has 4 atom stereocenters. The Morgan fingerprint density at radius 3 is 2.19 bits per heavy atom. The topological polar surface area (TPSA) is 49.4 Å². The number of hydrogen-bond donors (Lipinski definition) is 1. The second kappa shape index (κ2) is 8.40. The van der Waals surface area contributed by atoms with Crippen molar-refractivity contribution in [2.24, 2.45) is 11.8 Å². The summed E-state index contributed by atoms with van der Waals surface area (Å²) in [7, 11) is 0. The van der Waals surface area contributed by atoms with Crippen molar-refractivity contribution in [2.75, 3.05) is 6.54 Å². The Labute approximate surface area is 129 Å². The monoisotopic (exact) mass is 296 g/mol. The van der Waals surface area contributed by atoms with Crippen LogP contribution >= 0.6 is 0 Å². The van der Waals surface area contributed by atoms with Gasteiger partial charge in [0.1, 0.15) is 12.1 Å². The lowest BCUT2D eigenvalue weighted by atomic mass is 9.89. The average molecular weight is 296 g/mol. The molecule has 0 aromatic heterocycles. The number of carbonyl (C=O) groups excluding carboxylic acids is 2. The lowest BCUT2D eigenvalue weighted by Gasteiger charge is -2.43. The van der Waals surface area contributed by atoms with Gasteiger partial charge in [-0.25, -0.2) is 0 Å². The first kappa shape index (κ1) is 18.0. The number of nitrogens with one attached hydrogen (secondary N) is 1. The maximum Gasteiger partial charge on any atom is 0.246 e. The summed E-state index contributed by atoms with van der Waals surface area (Å²) in [5, 5.41) is 2.97. The molecule has 21 heavy (non-hydrogen) atoms. The third kappa shape index (κ3) is 4.21. The van der Waals surface area contributed by atoms with Crippen molar-refractivity contribution in [3.8, 4) is 0 Å². The molecule has 0 saturated carbocycles. The van der Waals surface area contributed by atoms with Crippen LogP contribution in [-0.2, 0) is 9.59 Å². The fourth-order valence-electron chi connectivity index (χ4n) is 2.95. The molecule has 2 amide bonds. The highest BCUT2D eigenvalue weighted by molar-refractivity contribution is 5.97. The predicted molar refractivity (Wildman–Crippen MR) is 85.9 cm³/mol. The summed E-state index contributed by atoms with van der Waals surface area (Å²) in [6.45, 7) is 11.1. The summed E-state index contributed by atoms with van der Waals surface area (Å²) >= 11 is 0. The maximum absolute atomic E-state index is 12.8. The second-order valence-electron chi connectivity index (χ2n) is 6.44. The molecule has 0 aromatic carbocycles. The number of nitrogens with zero attached hydrogens (tertiary/aromatic N) is 1. The van der Waals surface area contributed by atoms with Gasteiger partial charge in [-0.1, -0.05) is 60.3 Å². The molecule has 1 heterocycles. The Hall–Kier alpha value is -1.06. The van der Waals surface area contributed by atoms with Gasteiger partial charge in [0.05, 0.1) is 0 Å². The first-order valence-electron chi connectivity index (χ1n) is 8.58. The van der Waals surface area contributed by atoms with Gasteiger partial charge < -0.3 is 10.2 Å². The van der Waals surface area contributed by atoms with E-state index >= 15 is 0 Å². The Kier molecular flexibility index (Phi) is 7.20. The lowest BCUT2D eigenvalue weighted by molar-refractivity contribution is -0.153. The van der Waals surface area contributed by atoms with Crippen LogP contribution in [0.2, 0.25) is 0 Å². The quantitative estimate of drug-likeness (QED) is 0.700. The van der Waals surface area contributed by atoms with Gasteiger partial charge >= 0.3 is 0 Å². The molecule has 1 fully saturated rings. The number of piperazine rings is 1. The Morgan fingerprint density at radius 1 is 1.05 bits per heavy atom. The molecule has 1 aliphatic rings. The highest BCUT2D eigenvalue weighted by atomic mass is 16.2.